The van der Waals surface area contributed by atoms with Crippen molar-refractivity contribution in [3.63, 3.8) is 0 Å². The number of carbonyl (C=O) groups is 1. The number of rotatable bonds is 3. The van der Waals surface area contributed by atoms with Crippen molar-refractivity contribution in [2.45, 2.75) is 12.5 Å². The number of halogens is 2. The summed E-state index contributed by atoms with van der Waals surface area (Å²) in [5.74, 6) is -0.0713. The third-order valence-corrected chi connectivity index (χ3v) is 3.46. The third-order valence-electron chi connectivity index (χ3n) is 2.63. The quantitative estimate of drug-likeness (QED) is 0.893. The molecule has 1 saturated heterocycles. The van der Waals surface area contributed by atoms with E-state index in [0.717, 1.165) is 11.0 Å². The highest BCUT2D eigenvalue weighted by molar-refractivity contribution is 9.10. The van der Waals surface area contributed by atoms with Gasteiger partial charge in [0.15, 0.2) is 0 Å². The van der Waals surface area contributed by atoms with Crippen LogP contribution in [0.25, 0.3) is 0 Å². The molecule has 1 amide bonds. The Balaban J connectivity index is 1.92. The fourth-order valence-corrected chi connectivity index (χ4v) is 2.30. The topological polar surface area (TPSA) is 50.4 Å². The minimum atomic E-state index is -0.0713. The van der Waals surface area contributed by atoms with Gasteiger partial charge in [-0.25, -0.2) is 0 Å². The molecule has 1 atom stereocenters. The van der Waals surface area contributed by atoms with Crippen molar-refractivity contribution in [3.05, 3.63) is 27.7 Å². The first-order chi connectivity index (χ1) is 8.65. The zero-order valence-electron chi connectivity index (χ0n) is 9.71. The van der Waals surface area contributed by atoms with Crippen molar-refractivity contribution < 1.29 is 9.53 Å². The average molecular weight is 334 g/mol. The minimum absolute atomic E-state index is 0.0713. The molecule has 1 heterocycles. The standard InChI is InChI=1S/C12H14BrClN2O2/c13-8-1-2-10(14)11(5-8)16-12(17)6-9-7-18-4-3-15-9/h1-2,5,9,15H,3-4,6-7H2,(H,16,17). The molecule has 4 nitrogen and oxygen atoms in total. The molecule has 0 aromatic heterocycles. The van der Waals surface area contributed by atoms with Gasteiger partial charge in [0.25, 0.3) is 0 Å². The summed E-state index contributed by atoms with van der Waals surface area (Å²) < 4.78 is 6.18. The van der Waals surface area contributed by atoms with Gasteiger partial charge in [0.1, 0.15) is 0 Å². The summed E-state index contributed by atoms with van der Waals surface area (Å²) in [5.41, 5.74) is 0.618. The molecule has 2 N–H and O–H groups in total. The Hall–Kier alpha value is -0.620. The highest BCUT2D eigenvalue weighted by Gasteiger charge is 2.17. The van der Waals surface area contributed by atoms with Crippen molar-refractivity contribution in [3.8, 4) is 0 Å². The monoisotopic (exact) mass is 332 g/mol. The fraction of sp³-hybridized carbons (Fsp3) is 0.417. The highest BCUT2D eigenvalue weighted by atomic mass is 79.9. The molecule has 0 radical (unpaired) electrons. The van der Waals surface area contributed by atoms with Gasteiger partial charge in [-0.15, -0.1) is 0 Å². The van der Waals surface area contributed by atoms with Crippen LogP contribution in [0.5, 0.6) is 0 Å². The number of hydrogen-bond acceptors (Lipinski definition) is 3. The minimum Gasteiger partial charge on any atom is -0.378 e. The Bertz CT molecular complexity index is 436. The van der Waals surface area contributed by atoms with E-state index in [1.165, 1.54) is 0 Å². The second-order valence-corrected chi connectivity index (χ2v) is 5.43. The van der Waals surface area contributed by atoms with E-state index in [0.29, 0.717) is 30.3 Å². The number of anilines is 1. The summed E-state index contributed by atoms with van der Waals surface area (Å²) in [6, 6.07) is 5.42. The van der Waals surface area contributed by atoms with Gasteiger partial charge < -0.3 is 15.4 Å². The van der Waals surface area contributed by atoms with Gasteiger partial charge in [0.05, 0.1) is 23.9 Å². The Kier molecular flexibility index (Phi) is 5.00. The second-order valence-electron chi connectivity index (χ2n) is 4.10. The highest BCUT2D eigenvalue weighted by Crippen LogP contribution is 2.25. The molecular weight excluding hydrogens is 320 g/mol. The number of hydrogen-bond donors (Lipinski definition) is 2. The maximum atomic E-state index is 11.9. The molecule has 18 heavy (non-hydrogen) atoms. The number of nitrogens with one attached hydrogen (secondary N) is 2. The summed E-state index contributed by atoms with van der Waals surface area (Å²) in [6.45, 7) is 2.06. The largest absolute Gasteiger partial charge is 0.378 e. The van der Waals surface area contributed by atoms with Crippen molar-refractivity contribution >= 4 is 39.1 Å². The predicted molar refractivity (Wildman–Crippen MR) is 75.0 cm³/mol. The first kappa shape index (κ1) is 13.8. The van der Waals surface area contributed by atoms with Gasteiger partial charge >= 0.3 is 0 Å². The van der Waals surface area contributed by atoms with E-state index < -0.39 is 0 Å². The van der Waals surface area contributed by atoms with Crippen LogP contribution in [0.3, 0.4) is 0 Å². The van der Waals surface area contributed by atoms with Crippen LogP contribution in [-0.2, 0) is 9.53 Å². The summed E-state index contributed by atoms with van der Waals surface area (Å²) in [7, 11) is 0. The van der Waals surface area contributed by atoms with E-state index in [-0.39, 0.29) is 11.9 Å². The third kappa shape index (κ3) is 3.95. The number of amides is 1. The molecule has 6 heteroatoms. The molecule has 0 aliphatic carbocycles. The second kappa shape index (κ2) is 6.52. The van der Waals surface area contributed by atoms with E-state index in [9.17, 15) is 4.79 Å². The lowest BCUT2D eigenvalue weighted by Gasteiger charge is -2.23. The summed E-state index contributed by atoms with van der Waals surface area (Å²) in [6.07, 6.45) is 0.378. The van der Waals surface area contributed by atoms with Gasteiger partial charge in [0.2, 0.25) is 5.91 Å². The lowest BCUT2D eigenvalue weighted by Crippen LogP contribution is -2.43. The van der Waals surface area contributed by atoms with Crippen LogP contribution < -0.4 is 10.6 Å². The van der Waals surface area contributed by atoms with Crippen LogP contribution in [-0.4, -0.2) is 31.7 Å². The molecule has 1 unspecified atom stereocenters. The van der Waals surface area contributed by atoms with Crippen LogP contribution >= 0.6 is 27.5 Å². The van der Waals surface area contributed by atoms with Crippen molar-refractivity contribution in [1.82, 2.24) is 5.32 Å². The average Bonchev–Trinajstić information content (AvgIpc) is 2.35. The van der Waals surface area contributed by atoms with Crippen molar-refractivity contribution in [1.29, 1.82) is 0 Å². The molecule has 1 aliphatic rings. The molecule has 1 aliphatic heterocycles. The zero-order chi connectivity index (χ0) is 13.0. The first-order valence-electron chi connectivity index (χ1n) is 5.71. The Morgan fingerprint density at radius 1 is 1.61 bits per heavy atom. The molecular formula is C12H14BrClN2O2. The number of benzene rings is 1. The van der Waals surface area contributed by atoms with Crippen LogP contribution in [0.2, 0.25) is 5.02 Å². The Morgan fingerprint density at radius 2 is 2.44 bits per heavy atom. The summed E-state index contributed by atoms with van der Waals surface area (Å²) in [4.78, 5) is 11.9. The smallest absolute Gasteiger partial charge is 0.226 e. The van der Waals surface area contributed by atoms with E-state index in [1.807, 2.05) is 6.07 Å². The number of ether oxygens (including phenoxy) is 1. The van der Waals surface area contributed by atoms with Gasteiger partial charge in [-0.3, -0.25) is 4.79 Å². The Labute approximate surface area is 119 Å². The summed E-state index contributed by atoms with van der Waals surface area (Å²) in [5, 5.41) is 6.56. The van der Waals surface area contributed by atoms with Gasteiger partial charge in [-0.2, -0.15) is 0 Å². The van der Waals surface area contributed by atoms with Crippen molar-refractivity contribution in [2.75, 3.05) is 25.1 Å². The molecule has 0 bridgehead atoms. The maximum Gasteiger partial charge on any atom is 0.226 e. The fourth-order valence-electron chi connectivity index (χ4n) is 1.77. The normalized spacial score (nSPS) is 19.6. The van der Waals surface area contributed by atoms with Crippen LogP contribution in [0.15, 0.2) is 22.7 Å². The predicted octanol–water partition coefficient (Wildman–Crippen LogP) is 2.42. The lowest BCUT2D eigenvalue weighted by molar-refractivity contribution is -0.117. The molecule has 98 valence electrons. The first-order valence-corrected chi connectivity index (χ1v) is 6.88. The van der Waals surface area contributed by atoms with Crippen LogP contribution in [0.4, 0.5) is 5.69 Å². The van der Waals surface area contributed by atoms with Crippen molar-refractivity contribution in [2.24, 2.45) is 0 Å². The molecule has 1 aromatic carbocycles. The van der Waals surface area contributed by atoms with E-state index >= 15 is 0 Å². The maximum absolute atomic E-state index is 11.9. The van der Waals surface area contributed by atoms with E-state index in [4.69, 9.17) is 16.3 Å². The zero-order valence-corrected chi connectivity index (χ0v) is 12.1. The molecule has 1 aromatic rings. The van der Waals surface area contributed by atoms with E-state index in [1.54, 1.807) is 12.1 Å². The van der Waals surface area contributed by atoms with Gasteiger partial charge in [0, 0.05) is 23.5 Å². The van der Waals surface area contributed by atoms with Gasteiger partial charge in [-0.05, 0) is 18.2 Å². The number of morpholine rings is 1. The lowest BCUT2D eigenvalue weighted by atomic mass is 10.2. The summed E-state index contributed by atoms with van der Waals surface area (Å²) >= 11 is 9.35. The van der Waals surface area contributed by atoms with E-state index in [2.05, 4.69) is 26.6 Å². The van der Waals surface area contributed by atoms with Crippen LogP contribution in [0, 0.1) is 0 Å². The molecule has 0 saturated carbocycles. The Morgan fingerprint density at radius 3 is 3.17 bits per heavy atom. The van der Waals surface area contributed by atoms with Crippen LogP contribution in [0.1, 0.15) is 6.42 Å². The molecule has 0 spiro atoms. The SMILES string of the molecule is O=C(CC1COCCN1)Nc1cc(Br)ccc1Cl. The molecule has 2 rings (SSSR count). The number of carbonyl (C=O) groups excluding carboxylic acids is 1. The van der Waals surface area contributed by atoms with Gasteiger partial charge in [-0.1, -0.05) is 27.5 Å². The molecule has 1 fully saturated rings.